The molecule has 0 aromatic heterocycles. The van der Waals surface area contributed by atoms with E-state index in [9.17, 15) is 0 Å². The number of hydrogen-bond acceptors (Lipinski definition) is 2. The molecule has 53 heavy (non-hydrogen) atoms. The summed E-state index contributed by atoms with van der Waals surface area (Å²) in [4.78, 5) is 4.73. The van der Waals surface area contributed by atoms with Crippen LogP contribution < -0.4 is 9.80 Å². The van der Waals surface area contributed by atoms with E-state index in [1.54, 1.807) is 0 Å². The molecule has 8 aromatic rings. The minimum atomic E-state index is 0.222. The van der Waals surface area contributed by atoms with Gasteiger partial charge >= 0.3 is 0 Å². The van der Waals surface area contributed by atoms with Gasteiger partial charge in [-0.15, -0.1) is 0 Å². The van der Waals surface area contributed by atoms with Crippen LogP contribution in [0.5, 0.6) is 0 Å². The average Bonchev–Trinajstić information content (AvgIpc) is 3.22. The van der Waals surface area contributed by atoms with E-state index in [1.807, 2.05) is 0 Å². The second-order valence-electron chi connectivity index (χ2n) is 13.8. The second kappa shape index (κ2) is 14.2. The number of rotatable bonds is 8. The summed E-state index contributed by atoms with van der Waals surface area (Å²) < 4.78 is 0. The van der Waals surface area contributed by atoms with Crippen molar-refractivity contribution in [1.29, 1.82) is 0 Å². The van der Waals surface area contributed by atoms with Crippen molar-refractivity contribution in [1.82, 2.24) is 0 Å². The standard InChI is InChI=1S/C51H40N2/c1-37-36-45(53(43-24-9-4-10-25-43)50-29-15-17-38-16-11-12-26-47(38)50)34-35-46(37)49-28-14-19-40-18-13-27-48(51(40)49)39-30-32-44(33-31-39)52(41-20-5-2-6-21-41)42-22-7-3-8-23-42/h2-37,46H,1H3. The van der Waals surface area contributed by atoms with Crippen LogP contribution in [0.1, 0.15) is 18.4 Å². The molecule has 0 saturated heterocycles. The lowest BCUT2D eigenvalue weighted by Gasteiger charge is -2.32. The molecule has 0 N–H and O–H groups in total. The fourth-order valence-corrected chi connectivity index (χ4v) is 8.03. The molecule has 0 bridgehead atoms. The van der Waals surface area contributed by atoms with E-state index in [1.165, 1.54) is 49.6 Å². The van der Waals surface area contributed by atoms with Crippen LogP contribution in [0.4, 0.5) is 28.4 Å². The predicted octanol–water partition coefficient (Wildman–Crippen LogP) is 14.1. The van der Waals surface area contributed by atoms with Crippen LogP contribution in [0.15, 0.2) is 218 Å². The molecule has 0 amide bonds. The highest BCUT2D eigenvalue weighted by molar-refractivity contribution is 6.00. The molecule has 9 rings (SSSR count). The maximum atomic E-state index is 2.46. The Morgan fingerprint density at radius 1 is 0.434 bits per heavy atom. The number of nitrogens with zero attached hydrogens (tertiary/aromatic N) is 2. The van der Waals surface area contributed by atoms with Gasteiger partial charge in [0.25, 0.3) is 0 Å². The van der Waals surface area contributed by atoms with Gasteiger partial charge in [0, 0.05) is 39.8 Å². The fourth-order valence-electron chi connectivity index (χ4n) is 8.03. The molecule has 2 atom stereocenters. The van der Waals surface area contributed by atoms with Crippen LogP contribution in [0.3, 0.4) is 0 Å². The van der Waals surface area contributed by atoms with Gasteiger partial charge in [0.15, 0.2) is 0 Å². The number of fused-ring (bicyclic) bond motifs is 2. The lowest BCUT2D eigenvalue weighted by Crippen LogP contribution is -2.20. The van der Waals surface area contributed by atoms with Crippen molar-refractivity contribution in [2.24, 2.45) is 5.92 Å². The summed E-state index contributed by atoms with van der Waals surface area (Å²) in [6.07, 6.45) is 7.21. The number of benzene rings is 8. The van der Waals surface area contributed by atoms with Gasteiger partial charge in [-0.25, -0.2) is 0 Å². The molecule has 0 aliphatic heterocycles. The lowest BCUT2D eigenvalue weighted by atomic mass is 9.79. The molecule has 0 fully saturated rings. The van der Waals surface area contributed by atoms with Crippen LogP contribution in [0.2, 0.25) is 0 Å². The number of anilines is 5. The van der Waals surface area contributed by atoms with Gasteiger partial charge in [-0.05, 0) is 99.4 Å². The summed E-state index contributed by atoms with van der Waals surface area (Å²) >= 11 is 0. The Hall–Kier alpha value is -6.64. The van der Waals surface area contributed by atoms with Crippen molar-refractivity contribution in [2.45, 2.75) is 12.8 Å². The number of allylic oxidation sites excluding steroid dienone is 3. The average molecular weight is 681 g/mol. The molecular weight excluding hydrogens is 641 g/mol. The minimum Gasteiger partial charge on any atom is -0.311 e. The molecule has 0 radical (unpaired) electrons. The van der Waals surface area contributed by atoms with Crippen LogP contribution >= 0.6 is 0 Å². The number of hydrogen-bond donors (Lipinski definition) is 0. The summed E-state index contributed by atoms with van der Waals surface area (Å²) in [5.41, 5.74) is 10.7. The third-order valence-corrected chi connectivity index (χ3v) is 10.5. The molecule has 1 aliphatic rings. The highest BCUT2D eigenvalue weighted by Crippen LogP contribution is 2.44. The van der Waals surface area contributed by atoms with Crippen molar-refractivity contribution >= 4 is 50.0 Å². The smallest absolute Gasteiger partial charge is 0.0539 e. The summed E-state index contributed by atoms with van der Waals surface area (Å²) in [6, 6.07) is 69.7. The van der Waals surface area contributed by atoms with Gasteiger partial charge in [-0.3, -0.25) is 0 Å². The first-order valence-corrected chi connectivity index (χ1v) is 18.5. The van der Waals surface area contributed by atoms with E-state index in [0.29, 0.717) is 0 Å². The molecular formula is C51H40N2. The fraction of sp³-hybridized carbons (Fsp3) is 0.0588. The molecule has 2 nitrogen and oxygen atoms in total. The van der Waals surface area contributed by atoms with Gasteiger partial charge < -0.3 is 9.80 Å². The Labute approximate surface area is 312 Å². The highest BCUT2D eigenvalue weighted by atomic mass is 15.2. The molecule has 0 heterocycles. The van der Waals surface area contributed by atoms with Crippen LogP contribution in [0.25, 0.3) is 32.7 Å². The summed E-state index contributed by atoms with van der Waals surface area (Å²) in [5.74, 6) is 0.488. The molecule has 8 aromatic carbocycles. The molecule has 2 heteroatoms. The Balaban J connectivity index is 1.09. The van der Waals surface area contributed by atoms with E-state index in [4.69, 9.17) is 0 Å². The van der Waals surface area contributed by atoms with Gasteiger partial charge in [-0.2, -0.15) is 0 Å². The minimum absolute atomic E-state index is 0.222. The topological polar surface area (TPSA) is 6.48 Å². The lowest BCUT2D eigenvalue weighted by molar-refractivity contribution is 0.632. The SMILES string of the molecule is CC1C=C(N(c2ccccc2)c2cccc3ccccc23)C=CC1c1cccc2cccc(-c3ccc(N(c4ccccc4)c4ccccc4)cc3)c12. The predicted molar refractivity (Wildman–Crippen MR) is 226 cm³/mol. The normalized spacial score (nSPS) is 15.3. The van der Waals surface area contributed by atoms with Crippen molar-refractivity contribution in [3.05, 3.63) is 224 Å². The molecule has 2 unspecified atom stereocenters. The van der Waals surface area contributed by atoms with Crippen LogP contribution in [-0.2, 0) is 0 Å². The second-order valence-corrected chi connectivity index (χ2v) is 13.8. The summed E-state index contributed by atoms with van der Waals surface area (Å²) in [5, 5.41) is 5.05. The third kappa shape index (κ3) is 6.19. The van der Waals surface area contributed by atoms with Crippen LogP contribution in [0, 0.1) is 5.92 Å². The first-order valence-electron chi connectivity index (χ1n) is 18.5. The maximum Gasteiger partial charge on any atom is 0.0539 e. The Morgan fingerprint density at radius 2 is 0.962 bits per heavy atom. The highest BCUT2D eigenvalue weighted by Gasteiger charge is 2.26. The van der Waals surface area contributed by atoms with Crippen molar-refractivity contribution < 1.29 is 0 Å². The van der Waals surface area contributed by atoms with Gasteiger partial charge in [0.05, 0.1) is 5.69 Å². The third-order valence-electron chi connectivity index (χ3n) is 10.5. The van der Waals surface area contributed by atoms with E-state index in [0.717, 1.165) is 22.7 Å². The van der Waals surface area contributed by atoms with Crippen molar-refractivity contribution in [3.8, 4) is 11.1 Å². The zero-order valence-electron chi connectivity index (χ0n) is 29.8. The number of para-hydroxylation sites is 3. The molecule has 254 valence electrons. The first-order chi connectivity index (χ1) is 26.2. The van der Waals surface area contributed by atoms with E-state index in [-0.39, 0.29) is 11.8 Å². The first kappa shape index (κ1) is 32.3. The monoisotopic (exact) mass is 680 g/mol. The van der Waals surface area contributed by atoms with Crippen molar-refractivity contribution in [3.63, 3.8) is 0 Å². The Morgan fingerprint density at radius 3 is 1.62 bits per heavy atom. The van der Waals surface area contributed by atoms with Gasteiger partial charge in [-0.1, -0.05) is 159 Å². The van der Waals surface area contributed by atoms with E-state index in [2.05, 4.69) is 229 Å². The zero-order chi connectivity index (χ0) is 35.6. The summed E-state index contributed by atoms with van der Waals surface area (Å²) in [6.45, 7) is 2.36. The largest absolute Gasteiger partial charge is 0.311 e. The Kier molecular flexibility index (Phi) is 8.63. The quantitative estimate of drug-likeness (QED) is 0.158. The van der Waals surface area contributed by atoms with E-state index >= 15 is 0 Å². The maximum absolute atomic E-state index is 2.46. The van der Waals surface area contributed by atoms with Crippen molar-refractivity contribution in [2.75, 3.05) is 9.80 Å². The van der Waals surface area contributed by atoms with Crippen LogP contribution in [-0.4, -0.2) is 0 Å². The molecule has 0 saturated carbocycles. The molecule has 0 spiro atoms. The molecule has 1 aliphatic carbocycles. The Bertz CT molecular complexity index is 2520. The van der Waals surface area contributed by atoms with Gasteiger partial charge in [0.1, 0.15) is 0 Å². The zero-order valence-corrected chi connectivity index (χ0v) is 29.8. The summed E-state index contributed by atoms with van der Waals surface area (Å²) in [7, 11) is 0. The van der Waals surface area contributed by atoms with Gasteiger partial charge in [0.2, 0.25) is 0 Å². The van der Waals surface area contributed by atoms with E-state index < -0.39 is 0 Å².